The van der Waals surface area contributed by atoms with Crippen molar-refractivity contribution in [1.82, 2.24) is 18.9 Å². The molecule has 2 aliphatic heterocycles. The lowest BCUT2D eigenvalue weighted by molar-refractivity contribution is 0.0625. The van der Waals surface area contributed by atoms with E-state index in [4.69, 9.17) is 0 Å². The topological polar surface area (TPSA) is 50.5 Å². The van der Waals surface area contributed by atoms with Gasteiger partial charge in [0.05, 0.1) is 11.0 Å². The molecular formula is C29H40N4O2. The van der Waals surface area contributed by atoms with Crippen LogP contribution in [0.5, 0.6) is 0 Å². The highest BCUT2D eigenvalue weighted by molar-refractivity contribution is 5.98. The van der Waals surface area contributed by atoms with E-state index < -0.39 is 0 Å². The molecule has 0 N–H and O–H groups in total. The molecule has 188 valence electrons. The summed E-state index contributed by atoms with van der Waals surface area (Å²) in [6.07, 6.45) is 4.01. The maximum Gasteiger partial charge on any atom is 0.329 e. The van der Waals surface area contributed by atoms with E-state index in [9.17, 15) is 9.59 Å². The van der Waals surface area contributed by atoms with Gasteiger partial charge < -0.3 is 4.90 Å². The molecule has 2 aromatic carbocycles. The van der Waals surface area contributed by atoms with Gasteiger partial charge in [0.15, 0.2) is 0 Å². The van der Waals surface area contributed by atoms with Crippen molar-refractivity contribution in [2.75, 3.05) is 19.6 Å². The minimum Gasteiger partial charge on any atom is -0.334 e. The van der Waals surface area contributed by atoms with Crippen LogP contribution in [0.1, 0.15) is 75.3 Å². The summed E-state index contributed by atoms with van der Waals surface area (Å²) in [7, 11) is 1.86. The summed E-state index contributed by atoms with van der Waals surface area (Å²) in [5.74, 6) is 0.171. The second-order valence-corrected chi connectivity index (χ2v) is 10.2. The molecule has 0 saturated carbocycles. The summed E-state index contributed by atoms with van der Waals surface area (Å²) < 4.78 is 3.78. The first-order valence-corrected chi connectivity index (χ1v) is 13.1. The van der Waals surface area contributed by atoms with Gasteiger partial charge in [0.1, 0.15) is 0 Å². The molecule has 3 aromatic rings. The molecule has 0 aliphatic carbocycles. The van der Waals surface area contributed by atoms with Crippen LogP contribution in [0.25, 0.3) is 11.0 Å². The molecule has 1 saturated heterocycles. The fraction of sp³-hybridized carbons (Fsp3) is 0.517. The Morgan fingerprint density at radius 1 is 0.914 bits per heavy atom. The predicted molar refractivity (Wildman–Crippen MR) is 143 cm³/mol. The van der Waals surface area contributed by atoms with Gasteiger partial charge in [-0.2, -0.15) is 0 Å². The summed E-state index contributed by atoms with van der Waals surface area (Å²) in [6, 6.07) is 16.3. The number of carbonyl (C=O) groups is 1. The zero-order valence-electron chi connectivity index (χ0n) is 22.0. The highest BCUT2D eigenvalue weighted by Crippen LogP contribution is 2.31. The minimum atomic E-state index is 0.0737. The maximum absolute atomic E-state index is 12.9. The van der Waals surface area contributed by atoms with Gasteiger partial charge in [0.2, 0.25) is 0 Å². The van der Waals surface area contributed by atoms with Gasteiger partial charge in [-0.25, -0.2) is 4.79 Å². The van der Waals surface area contributed by atoms with Crippen LogP contribution >= 0.6 is 0 Å². The highest BCUT2D eigenvalue weighted by Gasteiger charge is 2.33. The third kappa shape index (κ3) is 4.81. The third-order valence-corrected chi connectivity index (χ3v) is 7.79. The minimum absolute atomic E-state index is 0.0737. The lowest BCUT2D eigenvalue weighted by Crippen LogP contribution is -2.49. The van der Waals surface area contributed by atoms with Crippen LogP contribution < -0.4 is 5.69 Å². The molecule has 35 heavy (non-hydrogen) atoms. The maximum atomic E-state index is 12.9. The van der Waals surface area contributed by atoms with E-state index in [1.807, 2.05) is 66.8 Å². The summed E-state index contributed by atoms with van der Waals surface area (Å²) in [5, 5.41) is 0. The number of amides is 1. The summed E-state index contributed by atoms with van der Waals surface area (Å²) in [6.45, 7) is 12.2. The molecule has 0 bridgehead atoms. The number of imidazole rings is 1. The van der Waals surface area contributed by atoms with Gasteiger partial charge >= 0.3 is 5.69 Å². The number of para-hydroxylation sites is 2. The number of fused-ring (bicyclic) bond motifs is 2. The molecule has 0 unspecified atom stereocenters. The number of hydrogen-bond acceptors (Lipinski definition) is 3. The van der Waals surface area contributed by atoms with Crippen LogP contribution in [0, 0.1) is 0 Å². The number of benzene rings is 2. The lowest BCUT2D eigenvalue weighted by atomic mass is 9.92. The van der Waals surface area contributed by atoms with E-state index in [-0.39, 0.29) is 23.2 Å². The molecule has 0 radical (unpaired) electrons. The average Bonchev–Trinajstić information content (AvgIpc) is 3.34. The Morgan fingerprint density at radius 3 is 2.23 bits per heavy atom. The fourth-order valence-electron chi connectivity index (χ4n) is 5.76. The van der Waals surface area contributed by atoms with Crippen molar-refractivity contribution < 1.29 is 4.79 Å². The zero-order valence-corrected chi connectivity index (χ0v) is 22.0. The second kappa shape index (κ2) is 10.4. The molecule has 6 heteroatoms. The van der Waals surface area contributed by atoms with Crippen molar-refractivity contribution in [2.24, 2.45) is 7.05 Å². The fourth-order valence-corrected chi connectivity index (χ4v) is 5.76. The Hall–Kier alpha value is -2.86. The normalized spacial score (nSPS) is 16.9. The first-order chi connectivity index (χ1) is 16.9. The number of piperidine rings is 1. The van der Waals surface area contributed by atoms with E-state index in [2.05, 4.69) is 30.9 Å². The van der Waals surface area contributed by atoms with E-state index >= 15 is 0 Å². The van der Waals surface area contributed by atoms with E-state index in [0.29, 0.717) is 0 Å². The summed E-state index contributed by atoms with van der Waals surface area (Å²) >= 11 is 0. The molecule has 3 heterocycles. The summed E-state index contributed by atoms with van der Waals surface area (Å²) in [5.41, 5.74) is 4.22. The number of likely N-dealkylation sites (tertiary alicyclic amines) is 1. The molecular weight excluding hydrogens is 436 g/mol. The predicted octanol–water partition coefficient (Wildman–Crippen LogP) is 5.22. The average molecular weight is 477 g/mol. The van der Waals surface area contributed by atoms with Crippen LogP contribution in [0.2, 0.25) is 0 Å². The molecule has 0 atom stereocenters. The number of nitrogens with zero attached hydrogens (tertiary/aromatic N) is 4. The molecule has 1 aromatic heterocycles. The SMILES string of the molecule is CC.Cn1c(=O)n(C2CCN(C(C)(C)CCCN3Cc4ccccc4C3=O)CC2)c2ccccc21. The first-order valence-electron chi connectivity index (χ1n) is 13.1. The summed E-state index contributed by atoms with van der Waals surface area (Å²) in [4.78, 5) is 30.1. The van der Waals surface area contributed by atoms with E-state index in [0.717, 1.165) is 74.0 Å². The Kier molecular flexibility index (Phi) is 7.50. The Balaban J connectivity index is 0.00000141. The van der Waals surface area contributed by atoms with E-state index in [1.54, 1.807) is 4.57 Å². The number of aryl methyl sites for hydroxylation is 1. The quantitative estimate of drug-likeness (QED) is 0.490. The van der Waals surface area contributed by atoms with Crippen molar-refractivity contribution in [2.45, 2.75) is 71.5 Å². The van der Waals surface area contributed by atoms with Gasteiger partial charge in [-0.3, -0.25) is 18.8 Å². The Bertz CT molecular complexity index is 1230. The highest BCUT2D eigenvalue weighted by atomic mass is 16.2. The van der Waals surface area contributed by atoms with Crippen LogP contribution in [0.15, 0.2) is 53.3 Å². The lowest BCUT2D eigenvalue weighted by Gasteiger charge is -2.43. The number of carbonyl (C=O) groups excluding carboxylic acids is 1. The zero-order chi connectivity index (χ0) is 25.2. The van der Waals surface area contributed by atoms with Crippen LogP contribution in [-0.4, -0.2) is 50.0 Å². The molecule has 5 rings (SSSR count). The van der Waals surface area contributed by atoms with Gasteiger partial charge in [-0.15, -0.1) is 0 Å². The Morgan fingerprint density at radius 2 is 1.54 bits per heavy atom. The van der Waals surface area contributed by atoms with Crippen LogP contribution in [0.4, 0.5) is 0 Å². The van der Waals surface area contributed by atoms with E-state index in [1.165, 1.54) is 0 Å². The van der Waals surface area contributed by atoms with Crippen molar-refractivity contribution in [3.05, 3.63) is 70.1 Å². The van der Waals surface area contributed by atoms with Gasteiger partial charge in [0.25, 0.3) is 5.91 Å². The monoisotopic (exact) mass is 476 g/mol. The van der Waals surface area contributed by atoms with Gasteiger partial charge in [0, 0.05) is 50.4 Å². The van der Waals surface area contributed by atoms with Gasteiger partial charge in [-0.05, 0) is 63.3 Å². The van der Waals surface area contributed by atoms with Gasteiger partial charge in [-0.1, -0.05) is 44.2 Å². The van der Waals surface area contributed by atoms with Crippen molar-refractivity contribution in [3.63, 3.8) is 0 Å². The molecule has 1 fully saturated rings. The van der Waals surface area contributed by atoms with Crippen molar-refractivity contribution in [3.8, 4) is 0 Å². The smallest absolute Gasteiger partial charge is 0.329 e. The van der Waals surface area contributed by atoms with Crippen molar-refractivity contribution in [1.29, 1.82) is 0 Å². The Labute approximate surface area is 209 Å². The molecule has 6 nitrogen and oxygen atoms in total. The van der Waals surface area contributed by atoms with Crippen molar-refractivity contribution >= 4 is 16.9 Å². The van der Waals surface area contributed by atoms with Crippen LogP contribution in [0.3, 0.4) is 0 Å². The molecule has 2 aliphatic rings. The molecule has 1 amide bonds. The standard InChI is InChI=1S/C27H34N4O2.C2H6/c1-27(2,15-8-16-29-19-20-9-4-5-10-22(20)25(29)32)30-17-13-21(14-18-30)31-24-12-7-6-11-23(24)28(3)26(31)33;1-2/h4-7,9-12,21H,8,13-19H2,1-3H3;1-2H3. The first kappa shape index (κ1) is 25.2. The second-order valence-electron chi connectivity index (χ2n) is 10.2. The largest absolute Gasteiger partial charge is 0.334 e. The number of rotatable bonds is 6. The third-order valence-electron chi connectivity index (χ3n) is 7.79. The van der Waals surface area contributed by atoms with Crippen LogP contribution in [-0.2, 0) is 13.6 Å². The number of aromatic nitrogens is 2. The number of hydrogen-bond donors (Lipinski definition) is 0. The molecule has 0 spiro atoms.